The van der Waals surface area contributed by atoms with E-state index in [1.165, 1.54) is 12.3 Å². The quantitative estimate of drug-likeness (QED) is 0.262. The van der Waals surface area contributed by atoms with Crippen LogP contribution in [0.25, 0.3) is 32.9 Å². The summed E-state index contributed by atoms with van der Waals surface area (Å²) in [5, 5.41) is 1.28. The van der Waals surface area contributed by atoms with Crippen LogP contribution >= 0.6 is 11.6 Å². The summed E-state index contributed by atoms with van der Waals surface area (Å²) in [6.07, 6.45) is 1.13. The molecular weight excluding hydrogens is 580 g/mol. The first kappa shape index (κ1) is 29.3. The number of hydrogen-bond acceptors (Lipinski definition) is 8. The topological polar surface area (TPSA) is 89.9 Å². The van der Waals surface area contributed by atoms with Crippen molar-refractivity contribution in [2.24, 2.45) is 5.41 Å². The number of benzene rings is 2. The predicted molar refractivity (Wildman–Crippen MR) is 160 cm³/mol. The Kier molecular flexibility index (Phi) is 7.50. The Morgan fingerprint density at radius 3 is 2.51 bits per heavy atom. The molecule has 43 heavy (non-hydrogen) atoms. The normalized spacial score (nSPS) is 16.8. The molecule has 12 heteroatoms. The van der Waals surface area contributed by atoms with Crippen molar-refractivity contribution in [2.75, 3.05) is 50.9 Å². The molecular formula is C31H32ClF2N5O4. The van der Waals surface area contributed by atoms with E-state index in [9.17, 15) is 9.18 Å². The van der Waals surface area contributed by atoms with Crippen molar-refractivity contribution in [3.05, 3.63) is 53.2 Å². The van der Waals surface area contributed by atoms with Gasteiger partial charge in [-0.1, -0.05) is 42.8 Å². The first-order valence-electron chi connectivity index (χ1n) is 14.1. The van der Waals surface area contributed by atoms with Gasteiger partial charge in [0.05, 0.1) is 23.6 Å². The van der Waals surface area contributed by atoms with Crippen molar-refractivity contribution in [1.82, 2.24) is 19.9 Å². The number of halogens is 3. The number of carbonyl (C=O) groups excluding carboxylic acids is 1. The molecule has 2 aromatic heterocycles. The molecule has 0 aliphatic carbocycles. The van der Waals surface area contributed by atoms with E-state index in [2.05, 4.69) is 15.0 Å². The molecule has 4 heterocycles. The third-order valence-electron chi connectivity index (χ3n) is 7.52. The summed E-state index contributed by atoms with van der Waals surface area (Å²) in [4.78, 5) is 29.8. The fourth-order valence-corrected chi connectivity index (χ4v) is 5.50. The first-order valence-corrected chi connectivity index (χ1v) is 14.5. The number of amides is 1. The summed E-state index contributed by atoms with van der Waals surface area (Å²) >= 11 is 6.35. The highest BCUT2D eigenvalue weighted by atomic mass is 35.5. The smallest absolute Gasteiger partial charge is 0.410 e. The largest absolute Gasteiger partial charge is 0.463 e. The maximum atomic E-state index is 16.5. The van der Waals surface area contributed by atoms with Crippen molar-refractivity contribution in [2.45, 2.75) is 33.3 Å². The molecule has 2 aromatic carbocycles. The van der Waals surface area contributed by atoms with Crippen molar-refractivity contribution in [3.63, 3.8) is 0 Å². The molecule has 0 saturated carbocycles. The maximum absolute atomic E-state index is 16.5. The zero-order valence-corrected chi connectivity index (χ0v) is 25.2. The van der Waals surface area contributed by atoms with Gasteiger partial charge >= 0.3 is 12.1 Å². The Labute approximate surface area is 252 Å². The molecule has 0 N–H and O–H groups in total. The van der Waals surface area contributed by atoms with Gasteiger partial charge in [-0.15, -0.1) is 0 Å². The fourth-order valence-electron chi connectivity index (χ4n) is 5.22. The zero-order chi connectivity index (χ0) is 30.5. The monoisotopic (exact) mass is 611 g/mol. The Bertz CT molecular complexity index is 1720. The van der Waals surface area contributed by atoms with E-state index in [0.29, 0.717) is 73.5 Å². The van der Waals surface area contributed by atoms with Crippen LogP contribution in [-0.2, 0) is 9.47 Å². The van der Waals surface area contributed by atoms with Crippen LogP contribution in [0.1, 0.15) is 27.7 Å². The molecule has 2 aliphatic heterocycles. The van der Waals surface area contributed by atoms with Crippen LogP contribution < -0.4 is 9.64 Å². The van der Waals surface area contributed by atoms with Gasteiger partial charge < -0.3 is 24.0 Å². The predicted octanol–water partition coefficient (Wildman–Crippen LogP) is 6.25. The van der Waals surface area contributed by atoms with E-state index < -0.39 is 17.2 Å². The van der Waals surface area contributed by atoms with Crippen molar-refractivity contribution < 1.29 is 27.8 Å². The van der Waals surface area contributed by atoms with E-state index in [1.54, 1.807) is 29.2 Å². The number of aromatic nitrogens is 3. The van der Waals surface area contributed by atoms with Crippen LogP contribution in [0.3, 0.4) is 0 Å². The standard InChI is InChI=1S/C31H32ClF2N5O4/c1-30(2,3)43-29(40)39-12-10-38(11-13-39)27-20-14-35-25(19-7-5-6-18-8-9-21(33)23(32)22(18)19)24(34)26(20)36-28(37-27)42-17-31(4)15-41-16-31/h5-9,14H,10-13,15-17H2,1-4H3. The minimum Gasteiger partial charge on any atom is -0.463 e. The lowest BCUT2D eigenvalue weighted by Crippen LogP contribution is -2.50. The number of fused-ring (bicyclic) bond motifs is 2. The van der Waals surface area contributed by atoms with Gasteiger partial charge in [0.15, 0.2) is 5.82 Å². The number of hydrogen-bond donors (Lipinski definition) is 0. The summed E-state index contributed by atoms with van der Waals surface area (Å²) < 4.78 is 47.8. The molecule has 2 fully saturated rings. The summed E-state index contributed by atoms with van der Waals surface area (Å²) in [5.74, 6) is -0.870. The van der Waals surface area contributed by atoms with Crippen LogP contribution in [0.2, 0.25) is 5.02 Å². The van der Waals surface area contributed by atoms with Crippen LogP contribution in [-0.4, -0.2) is 77.5 Å². The molecule has 0 bridgehead atoms. The second-order valence-corrected chi connectivity index (χ2v) is 12.7. The molecule has 2 saturated heterocycles. The molecule has 0 radical (unpaired) electrons. The molecule has 6 rings (SSSR count). The highest BCUT2D eigenvalue weighted by Crippen LogP contribution is 2.38. The minimum atomic E-state index is -0.704. The lowest BCUT2D eigenvalue weighted by atomic mass is 9.90. The van der Waals surface area contributed by atoms with E-state index >= 15 is 4.39 Å². The van der Waals surface area contributed by atoms with Gasteiger partial charge in [0.25, 0.3) is 0 Å². The summed E-state index contributed by atoms with van der Waals surface area (Å²) in [6.45, 7) is 10.5. The fraction of sp³-hybridized carbons (Fsp3) is 0.419. The zero-order valence-electron chi connectivity index (χ0n) is 24.4. The Balaban J connectivity index is 1.40. The first-order chi connectivity index (χ1) is 20.4. The van der Waals surface area contributed by atoms with E-state index in [0.717, 1.165) is 0 Å². The van der Waals surface area contributed by atoms with Gasteiger partial charge in [0.1, 0.15) is 35.1 Å². The van der Waals surface area contributed by atoms with Gasteiger partial charge in [-0.3, -0.25) is 4.98 Å². The molecule has 226 valence electrons. The van der Waals surface area contributed by atoms with Crippen molar-refractivity contribution in [1.29, 1.82) is 0 Å². The number of pyridine rings is 1. The summed E-state index contributed by atoms with van der Waals surface area (Å²) in [6, 6.07) is 8.05. The third kappa shape index (κ3) is 5.75. The van der Waals surface area contributed by atoms with Gasteiger partial charge in [-0.05, 0) is 32.2 Å². The average molecular weight is 612 g/mol. The van der Waals surface area contributed by atoms with E-state index in [4.69, 9.17) is 25.8 Å². The Morgan fingerprint density at radius 2 is 1.84 bits per heavy atom. The van der Waals surface area contributed by atoms with Crippen LogP contribution in [0.5, 0.6) is 6.01 Å². The van der Waals surface area contributed by atoms with E-state index in [-0.39, 0.29) is 33.8 Å². The van der Waals surface area contributed by atoms with E-state index in [1.807, 2.05) is 32.6 Å². The van der Waals surface area contributed by atoms with Gasteiger partial charge in [-0.2, -0.15) is 9.97 Å². The van der Waals surface area contributed by atoms with Crippen LogP contribution in [0, 0.1) is 17.0 Å². The molecule has 9 nitrogen and oxygen atoms in total. The van der Waals surface area contributed by atoms with Gasteiger partial charge in [0.2, 0.25) is 0 Å². The second kappa shape index (κ2) is 11.0. The Morgan fingerprint density at radius 1 is 1.09 bits per heavy atom. The number of nitrogens with zero attached hydrogens (tertiary/aromatic N) is 5. The number of rotatable bonds is 5. The van der Waals surface area contributed by atoms with Crippen LogP contribution in [0.15, 0.2) is 36.5 Å². The van der Waals surface area contributed by atoms with Crippen molar-refractivity contribution >= 4 is 45.2 Å². The van der Waals surface area contributed by atoms with Gasteiger partial charge in [-0.25, -0.2) is 13.6 Å². The number of piperazine rings is 1. The second-order valence-electron chi connectivity index (χ2n) is 12.3. The van der Waals surface area contributed by atoms with Crippen molar-refractivity contribution in [3.8, 4) is 17.3 Å². The molecule has 2 aliphatic rings. The molecule has 1 amide bonds. The Hall–Kier alpha value is -3.83. The number of anilines is 1. The number of carbonyl (C=O) groups is 1. The SMILES string of the molecule is CC1(COc2nc(N3CCN(C(=O)OC(C)(C)C)CC3)c3cnc(-c4cccc5ccc(F)c(Cl)c45)c(F)c3n2)COC1. The molecule has 4 aromatic rings. The molecule has 0 unspecified atom stereocenters. The maximum Gasteiger partial charge on any atom is 0.410 e. The minimum absolute atomic E-state index is 0.0131. The highest BCUT2D eigenvalue weighted by molar-refractivity contribution is 6.36. The van der Waals surface area contributed by atoms with Crippen LogP contribution in [0.4, 0.5) is 19.4 Å². The lowest BCUT2D eigenvalue weighted by molar-refractivity contribution is -0.121. The molecule has 0 atom stereocenters. The van der Waals surface area contributed by atoms with Gasteiger partial charge in [0, 0.05) is 48.7 Å². The summed E-state index contributed by atoms with van der Waals surface area (Å²) in [7, 11) is 0. The highest BCUT2D eigenvalue weighted by Gasteiger charge is 2.35. The average Bonchev–Trinajstić information content (AvgIpc) is 2.96. The summed E-state index contributed by atoms with van der Waals surface area (Å²) in [5.41, 5.74) is -0.459. The number of ether oxygens (including phenoxy) is 3. The third-order valence-corrected chi connectivity index (χ3v) is 7.88. The lowest BCUT2D eigenvalue weighted by Gasteiger charge is -2.37. The molecule has 0 spiro atoms.